The Hall–Kier alpha value is -2.70. The van der Waals surface area contributed by atoms with Crippen LogP contribution in [0.5, 0.6) is 0 Å². The van der Waals surface area contributed by atoms with Crippen molar-refractivity contribution in [3.8, 4) is 0 Å². The number of carbonyl (C=O) groups excluding carboxylic acids is 2. The maximum atomic E-state index is 12.0. The quantitative estimate of drug-likeness (QED) is 0.642. The minimum Gasteiger partial charge on any atom is -0.450 e. The number of piperidine rings is 2. The third kappa shape index (κ3) is 5.45. The summed E-state index contributed by atoms with van der Waals surface area (Å²) >= 11 is 0. The van der Waals surface area contributed by atoms with E-state index in [0.717, 1.165) is 75.8 Å². The number of likely N-dealkylation sites (tertiary alicyclic amines) is 2. The van der Waals surface area contributed by atoms with Crippen LogP contribution in [0.4, 0.5) is 4.79 Å². The van der Waals surface area contributed by atoms with E-state index in [0.29, 0.717) is 12.6 Å². The second-order valence-corrected chi connectivity index (χ2v) is 9.08. The molecule has 6 nitrogen and oxygen atoms in total. The Kier molecular flexibility index (Phi) is 7.78. The summed E-state index contributed by atoms with van der Waals surface area (Å²) in [5.41, 5.74) is 2.89. The number of rotatable bonds is 7. The maximum absolute atomic E-state index is 12.0. The first kappa shape index (κ1) is 23.5. The molecule has 0 atom stereocenters. The molecule has 6 heteroatoms. The van der Waals surface area contributed by atoms with Crippen molar-refractivity contribution in [3.05, 3.63) is 71.3 Å². The topological polar surface area (TPSA) is 61.9 Å². The van der Waals surface area contributed by atoms with Crippen molar-refractivity contribution in [1.82, 2.24) is 15.1 Å². The van der Waals surface area contributed by atoms with Crippen molar-refractivity contribution in [2.75, 3.05) is 32.8 Å². The highest BCUT2D eigenvalue weighted by Crippen LogP contribution is 2.36. The maximum Gasteiger partial charge on any atom is 0.409 e. The van der Waals surface area contributed by atoms with Crippen LogP contribution in [0, 0.1) is 0 Å². The van der Waals surface area contributed by atoms with Crippen LogP contribution in [0.1, 0.15) is 54.1 Å². The summed E-state index contributed by atoms with van der Waals surface area (Å²) in [6, 6.07) is 18.9. The van der Waals surface area contributed by atoms with Gasteiger partial charge in [-0.2, -0.15) is 0 Å². The number of benzene rings is 2. The monoisotopic (exact) mass is 449 g/mol. The molecular formula is C27H35N3O3. The molecule has 0 aromatic heterocycles. The van der Waals surface area contributed by atoms with Crippen LogP contribution in [0.3, 0.4) is 0 Å². The van der Waals surface area contributed by atoms with Crippen molar-refractivity contribution >= 4 is 12.4 Å². The van der Waals surface area contributed by atoms with Crippen LogP contribution < -0.4 is 5.32 Å². The van der Waals surface area contributed by atoms with Crippen LogP contribution in [0.25, 0.3) is 0 Å². The van der Waals surface area contributed by atoms with Crippen LogP contribution >= 0.6 is 0 Å². The number of amides is 1. The van der Waals surface area contributed by atoms with Gasteiger partial charge in [0.05, 0.1) is 6.61 Å². The van der Waals surface area contributed by atoms with Gasteiger partial charge in [0.1, 0.15) is 6.29 Å². The molecule has 2 heterocycles. The van der Waals surface area contributed by atoms with E-state index >= 15 is 0 Å². The number of nitrogens with zero attached hydrogens (tertiary/aromatic N) is 2. The Balaban J connectivity index is 1.44. The van der Waals surface area contributed by atoms with Gasteiger partial charge in [0.25, 0.3) is 0 Å². The molecule has 4 rings (SSSR count). The fourth-order valence-electron chi connectivity index (χ4n) is 5.34. The lowest BCUT2D eigenvalue weighted by atomic mass is 9.78. The summed E-state index contributed by atoms with van der Waals surface area (Å²) in [6.45, 7) is 6.49. The fourth-order valence-corrected chi connectivity index (χ4v) is 5.34. The summed E-state index contributed by atoms with van der Waals surface area (Å²) in [4.78, 5) is 28.3. The van der Waals surface area contributed by atoms with Gasteiger partial charge in [-0.3, -0.25) is 4.79 Å². The lowest BCUT2D eigenvalue weighted by Crippen LogP contribution is -2.55. The standard InChI is InChI=1S/C27H35N3O3/c1-2-33-26(32)30-16-12-24(13-17-30)29-18-14-27(15-19-29,25-11-7-6-10-23(25)21-31)28-20-22-8-4-3-5-9-22/h3-11,21,24,28H,2,12-20H2,1H3. The molecule has 0 saturated carbocycles. The zero-order valence-electron chi connectivity index (χ0n) is 19.5. The molecule has 0 unspecified atom stereocenters. The van der Waals surface area contributed by atoms with E-state index in [1.807, 2.05) is 36.1 Å². The van der Waals surface area contributed by atoms with Gasteiger partial charge in [0.15, 0.2) is 0 Å². The molecule has 2 saturated heterocycles. The molecule has 2 aromatic carbocycles. The van der Waals surface area contributed by atoms with Gasteiger partial charge in [-0.15, -0.1) is 0 Å². The van der Waals surface area contributed by atoms with Crippen LogP contribution in [0.15, 0.2) is 54.6 Å². The van der Waals surface area contributed by atoms with Crippen molar-refractivity contribution in [2.24, 2.45) is 0 Å². The lowest BCUT2D eigenvalue weighted by molar-refractivity contribution is 0.0496. The first-order valence-corrected chi connectivity index (χ1v) is 12.1. The molecule has 1 N–H and O–H groups in total. The summed E-state index contributed by atoms with van der Waals surface area (Å²) in [5, 5.41) is 3.85. The molecule has 2 aromatic rings. The Bertz CT molecular complexity index is 917. The summed E-state index contributed by atoms with van der Waals surface area (Å²) < 4.78 is 5.16. The van der Waals surface area contributed by atoms with Gasteiger partial charge < -0.3 is 19.9 Å². The SMILES string of the molecule is CCOC(=O)N1CCC(N2CCC(NCc3ccccc3)(c3ccccc3C=O)CC2)CC1. The summed E-state index contributed by atoms with van der Waals surface area (Å²) in [6.07, 6.45) is 4.65. The van der Waals surface area contributed by atoms with Gasteiger partial charge in [-0.05, 0) is 43.7 Å². The third-order valence-corrected chi connectivity index (χ3v) is 7.24. The Morgan fingerprint density at radius 1 is 1.03 bits per heavy atom. The first-order chi connectivity index (χ1) is 16.1. The molecule has 176 valence electrons. The average molecular weight is 450 g/mol. The Morgan fingerprint density at radius 3 is 2.36 bits per heavy atom. The third-order valence-electron chi connectivity index (χ3n) is 7.24. The van der Waals surface area contributed by atoms with E-state index in [1.165, 1.54) is 5.56 Å². The number of hydrogen-bond acceptors (Lipinski definition) is 5. The second-order valence-electron chi connectivity index (χ2n) is 9.08. The minimum atomic E-state index is -0.227. The zero-order chi connectivity index (χ0) is 23.1. The fraction of sp³-hybridized carbons (Fsp3) is 0.481. The van der Waals surface area contributed by atoms with E-state index in [2.05, 4.69) is 40.5 Å². The minimum absolute atomic E-state index is 0.191. The average Bonchev–Trinajstić information content (AvgIpc) is 2.88. The molecule has 1 amide bonds. The smallest absolute Gasteiger partial charge is 0.409 e. The van der Waals surface area contributed by atoms with E-state index in [4.69, 9.17) is 4.74 Å². The van der Waals surface area contributed by atoms with Gasteiger partial charge >= 0.3 is 6.09 Å². The highest BCUT2D eigenvalue weighted by molar-refractivity contribution is 5.78. The highest BCUT2D eigenvalue weighted by atomic mass is 16.6. The van der Waals surface area contributed by atoms with E-state index in [1.54, 1.807) is 0 Å². The Morgan fingerprint density at radius 2 is 1.70 bits per heavy atom. The lowest BCUT2D eigenvalue weighted by Gasteiger charge is -2.47. The number of ether oxygens (including phenoxy) is 1. The van der Waals surface area contributed by atoms with Crippen molar-refractivity contribution in [3.63, 3.8) is 0 Å². The predicted octanol–water partition coefficient (Wildman–Crippen LogP) is 4.20. The molecular weight excluding hydrogens is 414 g/mol. The van der Waals surface area contributed by atoms with Crippen molar-refractivity contribution in [2.45, 2.75) is 50.7 Å². The number of hydrogen-bond donors (Lipinski definition) is 1. The number of aldehydes is 1. The molecule has 33 heavy (non-hydrogen) atoms. The van der Waals surface area contributed by atoms with Crippen molar-refractivity contribution in [1.29, 1.82) is 0 Å². The van der Waals surface area contributed by atoms with E-state index in [9.17, 15) is 9.59 Å². The van der Waals surface area contributed by atoms with Gasteiger partial charge in [0, 0.05) is 49.9 Å². The highest BCUT2D eigenvalue weighted by Gasteiger charge is 2.39. The molecule has 2 fully saturated rings. The largest absolute Gasteiger partial charge is 0.450 e. The van der Waals surface area contributed by atoms with Crippen molar-refractivity contribution < 1.29 is 14.3 Å². The predicted molar refractivity (Wildman–Crippen MR) is 129 cm³/mol. The number of carbonyl (C=O) groups is 2. The summed E-state index contributed by atoms with van der Waals surface area (Å²) in [7, 11) is 0. The summed E-state index contributed by atoms with van der Waals surface area (Å²) in [5.74, 6) is 0. The normalized spacial score (nSPS) is 19.2. The Labute approximate surface area is 196 Å². The molecule has 0 bridgehead atoms. The molecule has 2 aliphatic heterocycles. The van der Waals surface area contributed by atoms with E-state index in [-0.39, 0.29) is 11.6 Å². The molecule has 0 aliphatic carbocycles. The first-order valence-electron chi connectivity index (χ1n) is 12.1. The van der Waals surface area contributed by atoms with E-state index < -0.39 is 0 Å². The van der Waals surface area contributed by atoms with Gasteiger partial charge in [0.2, 0.25) is 0 Å². The molecule has 0 radical (unpaired) electrons. The van der Waals surface area contributed by atoms with Crippen LogP contribution in [-0.4, -0.2) is 61.0 Å². The van der Waals surface area contributed by atoms with Gasteiger partial charge in [-0.25, -0.2) is 4.79 Å². The van der Waals surface area contributed by atoms with Crippen LogP contribution in [0.2, 0.25) is 0 Å². The molecule has 0 spiro atoms. The second kappa shape index (κ2) is 10.9. The zero-order valence-corrected chi connectivity index (χ0v) is 19.5. The van der Waals surface area contributed by atoms with Gasteiger partial charge in [-0.1, -0.05) is 54.6 Å². The van der Waals surface area contributed by atoms with Crippen LogP contribution in [-0.2, 0) is 16.8 Å². The molecule has 2 aliphatic rings. The number of nitrogens with one attached hydrogen (secondary N) is 1.